The number of nitrogens with zero attached hydrogens (tertiary/aromatic N) is 2. The molecule has 0 bridgehead atoms. The number of nitro groups is 1. The van der Waals surface area contributed by atoms with Gasteiger partial charge in [0.25, 0.3) is 5.69 Å². The lowest BCUT2D eigenvalue weighted by atomic mass is 9.75. The molecule has 0 saturated carbocycles. The van der Waals surface area contributed by atoms with Gasteiger partial charge in [-0.15, -0.1) is 0 Å². The van der Waals surface area contributed by atoms with E-state index in [9.17, 15) is 20.2 Å². The van der Waals surface area contributed by atoms with E-state index in [1.165, 1.54) is 6.07 Å². The van der Waals surface area contributed by atoms with E-state index in [-0.39, 0.29) is 11.2 Å². The van der Waals surface area contributed by atoms with Gasteiger partial charge >= 0.3 is 7.12 Å². The van der Waals surface area contributed by atoms with Crippen LogP contribution < -0.4 is 5.46 Å². The maximum absolute atomic E-state index is 10.7. The van der Waals surface area contributed by atoms with E-state index < -0.39 is 23.2 Å². The third kappa shape index (κ3) is 3.53. The molecule has 0 fully saturated rings. The number of aromatic nitrogens is 1. The van der Waals surface area contributed by atoms with Crippen molar-refractivity contribution in [3.05, 3.63) is 28.1 Å². The predicted molar refractivity (Wildman–Crippen MR) is 74.7 cm³/mol. The zero-order valence-electron chi connectivity index (χ0n) is 12.2. The highest BCUT2D eigenvalue weighted by Gasteiger charge is 2.40. The standard InChI is InChI=1S/C12H19BN2O5/c1-8-10(6-9(7-14-8)15(18)19)13(17)20-12(4,5)11(2,3)16/h6-7,16-17H,1-5H3. The second-order valence-electron chi connectivity index (χ2n) is 5.66. The molecule has 0 radical (unpaired) electrons. The lowest BCUT2D eigenvalue weighted by Crippen LogP contribution is -2.53. The number of pyridine rings is 1. The first kappa shape index (κ1) is 16.5. The molecule has 0 unspecified atom stereocenters. The number of hydrogen-bond donors (Lipinski definition) is 2. The van der Waals surface area contributed by atoms with Gasteiger partial charge in [0.2, 0.25) is 0 Å². The van der Waals surface area contributed by atoms with Gasteiger partial charge < -0.3 is 14.8 Å². The molecule has 1 aromatic heterocycles. The number of aliphatic hydroxyl groups is 1. The molecule has 0 spiro atoms. The number of rotatable bonds is 5. The molecule has 2 N–H and O–H groups in total. The molecule has 0 aliphatic heterocycles. The van der Waals surface area contributed by atoms with Crippen molar-refractivity contribution in [3.63, 3.8) is 0 Å². The van der Waals surface area contributed by atoms with Crippen molar-refractivity contribution in [1.29, 1.82) is 0 Å². The van der Waals surface area contributed by atoms with Crippen LogP contribution in [-0.4, -0.2) is 38.4 Å². The molecule has 0 atom stereocenters. The molecular formula is C12H19BN2O5. The smallest absolute Gasteiger partial charge is 0.423 e. The van der Waals surface area contributed by atoms with Crippen LogP contribution in [0, 0.1) is 17.0 Å². The molecule has 0 aliphatic rings. The minimum Gasteiger partial charge on any atom is -0.423 e. The van der Waals surface area contributed by atoms with Gasteiger partial charge in [-0.3, -0.25) is 15.1 Å². The molecule has 0 aromatic carbocycles. The fourth-order valence-electron chi connectivity index (χ4n) is 1.38. The Kier molecular flexibility index (Phi) is 4.53. The summed E-state index contributed by atoms with van der Waals surface area (Å²) in [6, 6.07) is 1.22. The Balaban J connectivity index is 3.07. The van der Waals surface area contributed by atoms with Crippen molar-refractivity contribution in [1.82, 2.24) is 4.98 Å². The summed E-state index contributed by atoms with van der Waals surface area (Å²) in [5.74, 6) is 0. The second kappa shape index (κ2) is 5.47. The van der Waals surface area contributed by atoms with Crippen LogP contribution in [0.1, 0.15) is 33.4 Å². The molecule has 1 aromatic rings. The topological polar surface area (TPSA) is 106 Å². The first-order valence-electron chi connectivity index (χ1n) is 6.15. The molecule has 8 heteroatoms. The molecule has 0 aliphatic carbocycles. The maximum Gasteiger partial charge on any atom is 0.493 e. The van der Waals surface area contributed by atoms with Crippen LogP contribution in [0.15, 0.2) is 12.3 Å². The SMILES string of the molecule is Cc1ncc([N+](=O)[O-])cc1B(O)OC(C)(C)C(C)(C)O. The van der Waals surface area contributed by atoms with Gasteiger partial charge in [0.05, 0.1) is 16.1 Å². The van der Waals surface area contributed by atoms with E-state index >= 15 is 0 Å². The molecule has 7 nitrogen and oxygen atoms in total. The highest BCUT2D eigenvalue weighted by molar-refractivity contribution is 6.60. The fourth-order valence-corrected chi connectivity index (χ4v) is 1.38. The van der Waals surface area contributed by atoms with Crippen LogP contribution in [0.2, 0.25) is 0 Å². The molecule has 20 heavy (non-hydrogen) atoms. The zero-order chi connectivity index (χ0) is 15.7. The van der Waals surface area contributed by atoms with Crippen molar-refractivity contribution in [2.45, 2.75) is 45.8 Å². The summed E-state index contributed by atoms with van der Waals surface area (Å²) in [6.07, 6.45) is 1.12. The Bertz CT molecular complexity index is 513. The van der Waals surface area contributed by atoms with E-state index in [4.69, 9.17) is 4.65 Å². The molecule has 110 valence electrons. The number of hydrogen-bond acceptors (Lipinski definition) is 6. The van der Waals surface area contributed by atoms with E-state index in [1.54, 1.807) is 34.6 Å². The van der Waals surface area contributed by atoms with Gasteiger partial charge in [-0.05, 0) is 34.6 Å². The predicted octanol–water partition coefficient (Wildman–Crippen LogP) is 0.552. The van der Waals surface area contributed by atoms with Crippen molar-refractivity contribution in [3.8, 4) is 0 Å². The summed E-state index contributed by atoms with van der Waals surface area (Å²) in [5.41, 5.74) is -1.85. The third-order valence-corrected chi connectivity index (χ3v) is 3.47. The molecule has 0 amide bonds. The third-order valence-electron chi connectivity index (χ3n) is 3.47. The van der Waals surface area contributed by atoms with Crippen molar-refractivity contribution in [2.75, 3.05) is 0 Å². The van der Waals surface area contributed by atoms with Crippen molar-refractivity contribution in [2.24, 2.45) is 0 Å². The Hall–Kier alpha value is -1.51. The quantitative estimate of drug-likeness (QED) is 0.464. The fraction of sp³-hybridized carbons (Fsp3) is 0.583. The first-order chi connectivity index (χ1) is 8.95. The second-order valence-corrected chi connectivity index (χ2v) is 5.66. The zero-order valence-corrected chi connectivity index (χ0v) is 12.2. The van der Waals surface area contributed by atoms with Gasteiger partial charge in [0.1, 0.15) is 6.20 Å². The van der Waals surface area contributed by atoms with Crippen molar-refractivity contribution >= 4 is 18.3 Å². The Labute approximate surface area is 117 Å². The van der Waals surface area contributed by atoms with Crippen LogP contribution in [0.25, 0.3) is 0 Å². The lowest BCUT2D eigenvalue weighted by Gasteiger charge is -2.38. The largest absolute Gasteiger partial charge is 0.493 e. The van der Waals surface area contributed by atoms with Crippen LogP contribution in [0.3, 0.4) is 0 Å². The van der Waals surface area contributed by atoms with Crippen molar-refractivity contribution < 1.29 is 19.7 Å². The highest BCUT2D eigenvalue weighted by Crippen LogP contribution is 2.25. The summed E-state index contributed by atoms with van der Waals surface area (Å²) in [5, 5.41) is 30.8. The van der Waals surface area contributed by atoms with Gasteiger partial charge in [-0.2, -0.15) is 0 Å². The van der Waals surface area contributed by atoms with Gasteiger partial charge in [0.15, 0.2) is 0 Å². The highest BCUT2D eigenvalue weighted by atomic mass is 16.6. The van der Waals surface area contributed by atoms with E-state index in [0.29, 0.717) is 5.69 Å². The summed E-state index contributed by atoms with van der Waals surface area (Å²) in [6.45, 7) is 7.96. The van der Waals surface area contributed by atoms with Gasteiger partial charge in [0, 0.05) is 17.2 Å². The summed E-state index contributed by atoms with van der Waals surface area (Å²) >= 11 is 0. The van der Waals surface area contributed by atoms with Gasteiger partial charge in [-0.1, -0.05) is 0 Å². The summed E-state index contributed by atoms with van der Waals surface area (Å²) in [4.78, 5) is 14.0. The summed E-state index contributed by atoms with van der Waals surface area (Å²) in [7, 11) is -1.41. The lowest BCUT2D eigenvalue weighted by molar-refractivity contribution is -0.385. The Morgan fingerprint density at radius 2 is 1.95 bits per heavy atom. The van der Waals surface area contributed by atoms with E-state index in [2.05, 4.69) is 4.98 Å². The van der Waals surface area contributed by atoms with E-state index in [1.807, 2.05) is 0 Å². The first-order valence-corrected chi connectivity index (χ1v) is 6.15. The maximum atomic E-state index is 10.7. The van der Waals surface area contributed by atoms with Crippen LogP contribution >= 0.6 is 0 Å². The minimum absolute atomic E-state index is 0.205. The molecular weight excluding hydrogens is 263 g/mol. The van der Waals surface area contributed by atoms with Crippen LogP contribution in [0.4, 0.5) is 5.69 Å². The minimum atomic E-state index is -1.41. The van der Waals surface area contributed by atoms with E-state index in [0.717, 1.165) is 6.20 Å². The van der Waals surface area contributed by atoms with Gasteiger partial charge in [-0.25, -0.2) is 0 Å². The molecule has 1 heterocycles. The average Bonchev–Trinajstić information content (AvgIpc) is 2.26. The van der Waals surface area contributed by atoms with Crippen LogP contribution in [-0.2, 0) is 4.65 Å². The monoisotopic (exact) mass is 282 g/mol. The summed E-state index contributed by atoms with van der Waals surface area (Å²) < 4.78 is 5.45. The molecule has 1 rings (SSSR count). The average molecular weight is 282 g/mol. The Morgan fingerprint density at radius 3 is 2.40 bits per heavy atom. The normalized spacial score (nSPS) is 12.3. The van der Waals surface area contributed by atoms with Crippen LogP contribution in [0.5, 0.6) is 0 Å². The number of aryl methyl sites for hydroxylation is 1. The Morgan fingerprint density at radius 1 is 1.40 bits per heavy atom. The molecule has 0 saturated heterocycles.